The quantitative estimate of drug-likeness (QED) is 0.879. The molecule has 0 atom stereocenters. The summed E-state index contributed by atoms with van der Waals surface area (Å²) < 4.78 is 5.66. The number of carbonyl (C=O) groups excluding carboxylic acids is 2. The first-order chi connectivity index (χ1) is 10.5. The lowest BCUT2D eigenvalue weighted by atomic mass is 10.2. The van der Waals surface area contributed by atoms with E-state index in [1.807, 2.05) is 0 Å². The minimum Gasteiger partial charge on any atom is -0.455 e. The minimum absolute atomic E-state index is 0.102. The molecule has 0 heterocycles. The van der Waals surface area contributed by atoms with Crippen LogP contribution in [0, 0.1) is 0 Å². The third-order valence-corrected chi connectivity index (χ3v) is 3.31. The molecule has 0 aliphatic heterocycles. The second kappa shape index (κ2) is 7.15. The highest BCUT2D eigenvalue weighted by Gasteiger charge is 2.18. The predicted molar refractivity (Wildman–Crippen MR) is 84.5 cm³/mol. The molecule has 0 bridgehead atoms. The summed E-state index contributed by atoms with van der Waals surface area (Å²) in [4.78, 5) is 22.9. The van der Waals surface area contributed by atoms with Gasteiger partial charge in [-0.1, -0.05) is 41.4 Å². The molecule has 0 saturated heterocycles. The standard InChI is InChI=1S/C15H12Cl2N2O3/c16-9-4-1-2-6-11(9)22-12-7-3-5-10(17)14(12)15(21)19-8-13(18)20/h1-7H,8H2,(H2,18,20)(H,19,21). The first kappa shape index (κ1) is 16.1. The van der Waals surface area contributed by atoms with Crippen molar-refractivity contribution in [2.24, 2.45) is 5.73 Å². The number of primary amides is 1. The van der Waals surface area contributed by atoms with E-state index in [4.69, 9.17) is 33.7 Å². The smallest absolute Gasteiger partial charge is 0.257 e. The summed E-state index contributed by atoms with van der Waals surface area (Å²) in [5.41, 5.74) is 5.11. The molecule has 7 heteroatoms. The Bertz CT molecular complexity index is 720. The van der Waals surface area contributed by atoms with Gasteiger partial charge in [-0.05, 0) is 24.3 Å². The highest BCUT2D eigenvalue weighted by molar-refractivity contribution is 6.34. The van der Waals surface area contributed by atoms with Crippen molar-refractivity contribution < 1.29 is 14.3 Å². The van der Waals surface area contributed by atoms with Crippen LogP contribution in [0.15, 0.2) is 42.5 Å². The molecule has 2 aromatic rings. The maximum absolute atomic E-state index is 12.1. The van der Waals surface area contributed by atoms with Crippen molar-refractivity contribution in [3.05, 3.63) is 58.1 Å². The van der Waals surface area contributed by atoms with E-state index >= 15 is 0 Å². The molecule has 2 amide bonds. The molecule has 5 nitrogen and oxygen atoms in total. The molecule has 0 unspecified atom stereocenters. The van der Waals surface area contributed by atoms with Crippen LogP contribution in [0.1, 0.15) is 10.4 Å². The van der Waals surface area contributed by atoms with Crippen molar-refractivity contribution in [3.63, 3.8) is 0 Å². The zero-order valence-electron chi connectivity index (χ0n) is 11.3. The maximum atomic E-state index is 12.1. The Balaban J connectivity index is 2.32. The lowest BCUT2D eigenvalue weighted by Crippen LogP contribution is -2.33. The molecule has 0 aliphatic rings. The Labute approximate surface area is 137 Å². The van der Waals surface area contributed by atoms with Crippen molar-refractivity contribution >= 4 is 35.0 Å². The molecular formula is C15H12Cl2N2O3. The molecule has 0 saturated carbocycles. The van der Waals surface area contributed by atoms with Crippen molar-refractivity contribution in [3.8, 4) is 11.5 Å². The number of benzene rings is 2. The lowest BCUT2D eigenvalue weighted by molar-refractivity contribution is -0.117. The molecule has 0 radical (unpaired) electrons. The number of para-hydroxylation sites is 1. The number of hydrogen-bond donors (Lipinski definition) is 2. The topological polar surface area (TPSA) is 81.4 Å². The minimum atomic E-state index is -0.658. The van der Waals surface area contributed by atoms with Gasteiger partial charge in [0.05, 0.1) is 16.6 Å². The van der Waals surface area contributed by atoms with Crippen molar-refractivity contribution in [1.29, 1.82) is 0 Å². The van der Waals surface area contributed by atoms with Gasteiger partial charge < -0.3 is 15.8 Å². The Morgan fingerprint density at radius 1 is 1.00 bits per heavy atom. The first-order valence-corrected chi connectivity index (χ1v) is 7.02. The molecule has 0 spiro atoms. The number of amides is 2. The van der Waals surface area contributed by atoms with Crippen LogP contribution in [0.5, 0.6) is 11.5 Å². The van der Waals surface area contributed by atoms with Crippen molar-refractivity contribution in [2.75, 3.05) is 6.54 Å². The van der Waals surface area contributed by atoms with E-state index in [1.165, 1.54) is 0 Å². The fourth-order valence-corrected chi connectivity index (χ4v) is 2.14. The van der Waals surface area contributed by atoms with E-state index in [-0.39, 0.29) is 22.9 Å². The second-order valence-electron chi connectivity index (χ2n) is 4.29. The number of nitrogens with two attached hydrogens (primary N) is 1. The van der Waals surface area contributed by atoms with Crippen LogP contribution in [0.2, 0.25) is 10.0 Å². The second-order valence-corrected chi connectivity index (χ2v) is 5.11. The number of carbonyl (C=O) groups is 2. The monoisotopic (exact) mass is 338 g/mol. The predicted octanol–water partition coefficient (Wildman–Crippen LogP) is 3.00. The first-order valence-electron chi connectivity index (χ1n) is 6.26. The fourth-order valence-electron chi connectivity index (χ4n) is 1.71. The fraction of sp³-hybridized carbons (Fsp3) is 0.0667. The third-order valence-electron chi connectivity index (χ3n) is 2.68. The number of ether oxygens (including phenoxy) is 1. The van der Waals surface area contributed by atoms with Crippen LogP contribution in [0.25, 0.3) is 0 Å². The van der Waals surface area contributed by atoms with Gasteiger partial charge in [0.25, 0.3) is 5.91 Å². The Morgan fingerprint density at radius 2 is 1.64 bits per heavy atom. The van der Waals surface area contributed by atoms with Crippen LogP contribution in [0.4, 0.5) is 0 Å². The van der Waals surface area contributed by atoms with E-state index in [1.54, 1.807) is 42.5 Å². The van der Waals surface area contributed by atoms with Gasteiger partial charge >= 0.3 is 0 Å². The zero-order chi connectivity index (χ0) is 16.1. The average Bonchev–Trinajstić information content (AvgIpc) is 2.47. The van der Waals surface area contributed by atoms with E-state index < -0.39 is 11.8 Å². The summed E-state index contributed by atoms with van der Waals surface area (Å²) in [6.07, 6.45) is 0. The van der Waals surface area contributed by atoms with Gasteiger partial charge in [0, 0.05) is 0 Å². The molecule has 2 rings (SSSR count). The lowest BCUT2D eigenvalue weighted by Gasteiger charge is -2.13. The SMILES string of the molecule is NC(=O)CNC(=O)c1c(Cl)cccc1Oc1ccccc1Cl. The number of rotatable bonds is 5. The average molecular weight is 339 g/mol. The largest absolute Gasteiger partial charge is 0.455 e. The van der Waals surface area contributed by atoms with Crippen molar-refractivity contribution in [2.45, 2.75) is 0 Å². The van der Waals surface area contributed by atoms with Crippen LogP contribution in [-0.2, 0) is 4.79 Å². The molecule has 0 aliphatic carbocycles. The van der Waals surface area contributed by atoms with Gasteiger partial charge in [-0.15, -0.1) is 0 Å². The molecular weight excluding hydrogens is 327 g/mol. The maximum Gasteiger partial charge on any atom is 0.257 e. The molecule has 3 N–H and O–H groups in total. The highest BCUT2D eigenvalue weighted by Crippen LogP contribution is 2.33. The van der Waals surface area contributed by atoms with E-state index in [2.05, 4.69) is 5.32 Å². The Kier molecular flexibility index (Phi) is 5.25. The van der Waals surface area contributed by atoms with Gasteiger partial charge in [0.2, 0.25) is 5.91 Å². The van der Waals surface area contributed by atoms with Gasteiger partial charge in [0.1, 0.15) is 17.1 Å². The van der Waals surface area contributed by atoms with Gasteiger partial charge in [-0.3, -0.25) is 9.59 Å². The summed E-state index contributed by atoms with van der Waals surface area (Å²) in [5.74, 6) is -0.613. The van der Waals surface area contributed by atoms with Crippen molar-refractivity contribution in [1.82, 2.24) is 5.32 Å². The van der Waals surface area contributed by atoms with Crippen LogP contribution >= 0.6 is 23.2 Å². The zero-order valence-corrected chi connectivity index (χ0v) is 12.8. The van der Waals surface area contributed by atoms with E-state index in [0.717, 1.165) is 0 Å². The molecule has 2 aromatic carbocycles. The third kappa shape index (κ3) is 3.90. The normalized spacial score (nSPS) is 10.1. The van der Waals surface area contributed by atoms with Gasteiger partial charge in [-0.25, -0.2) is 0 Å². The molecule has 22 heavy (non-hydrogen) atoms. The van der Waals surface area contributed by atoms with Gasteiger partial charge in [0.15, 0.2) is 0 Å². The summed E-state index contributed by atoms with van der Waals surface area (Å²) >= 11 is 12.1. The summed E-state index contributed by atoms with van der Waals surface area (Å²) in [6, 6.07) is 11.6. The summed E-state index contributed by atoms with van der Waals surface area (Å²) in [5, 5.41) is 2.95. The summed E-state index contributed by atoms with van der Waals surface area (Å²) in [6.45, 7) is -0.296. The molecule has 114 valence electrons. The Morgan fingerprint density at radius 3 is 2.32 bits per heavy atom. The van der Waals surface area contributed by atoms with Gasteiger partial charge in [-0.2, -0.15) is 0 Å². The number of halogens is 2. The molecule has 0 fully saturated rings. The number of nitrogens with one attached hydrogen (secondary N) is 1. The Hall–Kier alpha value is -2.24. The highest BCUT2D eigenvalue weighted by atomic mass is 35.5. The van der Waals surface area contributed by atoms with Crippen LogP contribution < -0.4 is 15.8 Å². The number of hydrogen-bond acceptors (Lipinski definition) is 3. The summed E-state index contributed by atoms with van der Waals surface area (Å²) in [7, 11) is 0. The van der Waals surface area contributed by atoms with E-state index in [9.17, 15) is 9.59 Å². The van der Waals surface area contributed by atoms with Crippen LogP contribution in [0.3, 0.4) is 0 Å². The van der Waals surface area contributed by atoms with Crippen LogP contribution in [-0.4, -0.2) is 18.4 Å². The molecule has 0 aromatic heterocycles. The van der Waals surface area contributed by atoms with E-state index in [0.29, 0.717) is 10.8 Å².